The van der Waals surface area contributed by atoms with Crippen LogP contribution < -0.4 is 4.90 Å². The van der Waals surface area contributed by atoms with E-state index >= 15 is 0 Å². The molecule has 1 N–H and O–H groups in total. The zero-order chi connectivity index (χ0) is 15.6. The van der Waals surface area contributed by atoms with Crippen LogP contribution in [0.5, 0.6) is 0 Å². The van der Waals surface area contributed by atoms with Gasteiger partial charge in [0, 0.05) is 35.8 Å². The molecule has 0 atom stereocenters. The van der Waals surface area contributed by atoms with E-state index in [1.54, 1.807) is 0 Å². The Morgan fingerprint density at radius 2 is 1.83 bits per heavy atom. The molecule has 3 heterocycles. The highest BCUT2D eigenvalue weighted by Gasteiger charge is 2.14. The molecule has 0 radical (unpaired) electrons. The molecule has 1 aliphatic rings. The second-order valence-corrected chi connectivity index (χ2v) is 6.14. The quantitative estimate of drug-likeness (QED) is 0.805. The average Bonchev–Trinajstić information content (AvgIpc) is 3.24. The summed E-state index contributed by atoms with van der Waals surface area (Å²) in [7, 11) is 0. The Labute approximate surface area is 136 Å². The molecule has 0 bridgehead atoms. The highest BCUT2D eigenvalue weighted by atomic mass is 16.3. The second-order valence-electron chi connectivity index (χ2n) is 6.14. The molecule has 1 fully saturated rings. The molecule has 0 saturated carbocycles. The van der Waals surface area contributed by atoms with Crippen LogP contribution in [0.4, 0.5) is 5.82 Å². The molecule has 2 aromatic heterocycles. The predicted molar refractivity (Wildman–Crippen MR) is 92.6 cm³/mol. The Bertz CT molecular complexity index is 818. The van der Waals surface area contributed by atoms with Crippen LogP contribution >= 0.6 is 0 Å². The molecule has 1 aliphatic heterocycles. The van der Waals surface area contributed by atoms with Crippen molar-refractivity contribution >= 4 is 16.7 Å². The number of aromatic nitrogens is 2. The number of hydrogen-bond donors (Lipinski definition) is 1. The van der Waals surface area contributed by atoms with E-state index in [-0.39, 0.29) is 6.61 Å². The molecule has 0 aliphatic carbocycles. The third-order valence-electron chi connectivity index (χ3n) is 4.60. The van der Waals surface area contributed by atoms with E-state index in [1.807, 2.05) is 18.3 Å². The summed E-state index contributed by atoms with van der Waals surface area (Å²) in [6.07, 6.45) is 4.55. The van der Waals surface area contributed by atoms with Gasteiger partial charge >= 0.3 is 0 Å². The third-order valence-corrected chi connectivity index (χ3v) is 4.60. The molecule has 4 nitrogen and oxygen atoms in total. The van der Waals surface area contributed by atoms with Crippen molar-refractivity contribution in [2.75, 3.05) is 18.0 Å². The van der Waals surface area contributed by atoms with Gasteiger partial charge in [-0.05, 0) is 31.0 Å². The number of anilines is 1. The topological polar surface area (TPSA) is 41.3 Å². The fraction of sp³-hybridized carbons (Fsp3) is 0.316. The molecule has 23 heavy (non-hydrogen) atoms. The molecule has 0 spiro atoms. The first kappa shape index (κ1) is 14.3. The van der Waals surface area contributed by atoms with Crippen molar-refractivity contribution < 1.29 is 5.11 Å². The molecule has 3 aromatic rings. The Hall–Kier alpha value is -2.33. The van der Waals surface area contributed by atoms with Crippen LogP contribution in [-0.4, -0.2) is 27.7 Å². The van der Waals surface area contributed by atoms with Gasteiger partial charge in [-0.2, -0.15) is 0 Å². The van der Waals surface area contributed by atoms with E-state index in [0.717, 1.165) is 47.6 Å². The Morgan fingerprint density at radius 3 is 2.65 bits per heavy atom. The lowest BCUT2D eigenvalue weighted by molar-refractivity contribution is 0.283. The predicted octanol–water partition coefficient (Wildman–Crippen LogP) is 3.18. The van der Waals surface area contributed by atoms with Crippen molar-refractivity contribution in [2.45, 2.75) is 26.0 Å². The van der Waals surface area contributed by atoms with Gasteiger partial charge in [0.1, 0.15) is 5.82 Å². The van der Waals surface area contributed by atoms with Gasteiger partial charge < -0.3 is 14.6 Å². The Balaban J connectivity index is 1.67. The summed E-state index contributed by atoms with van der Waals surface area (Å²) in [6.45, 7) is 3.01. The zero-order valence-electron chi connectivity index (χ0n) is 13.2. The molecule has 1 saturated heterocycles. The van der Waals surface area contributed by atoms with Gasteiger partial charge in [-0.3, -0.25) is 0 Å². The van der Waals surface area contributed by atoms with Gasteiger partial charge in [-0.1, -0.05) is 24.3 Å². The molecule has 0 amide bonds. The highest BCUT2D eigenvalue weighted by Crippen LogP contribution is 2.23. The van der Waals surface area contributed by atoms with Gasteiger partial charge in [0.15, 0.2) is 0 Å². The summed E-state index contributed by atoms with van der Waals surface area (Å²) in [6, 6.07) is 14.5. The maximum Gasteiger partial charge on any atom is 0.128 e. The largest absolute Gasteiger partial charge is 0.392 e. The van der Waals surface area contributed by atoms with Crippen molar-refractivity contribution in [3.8, 4) is 0 Å². The van der Waals surface area contributed by atoms with Crippen molar-refractivity contribution in [1.29, 1.82) is 0 Å². The minimum Gasteiger partial charge on any atom is -0.392 e. The smallest absolute Gasteiger partial charge is 0.128 e. The van der Waals surface area contributed by atoms with Crippen LogP contribution in [0.25, 0.3) is 10.9 Å². The molecule has 1 aromatic carbocycles. The summed E-state index contributed by atoms with van der Waals surface area (Å²) < 4.78 is 2.18. The van der Waals surface area contributed by atoms with Crippen molar-refractivity contribution in [3.63, 3.8) is 0 Å². The molecular formula is C19H21N3O. The lowest BCUT2D eigenvalue weighted by Crippen LogP contribution is -2.19. The fourth-order valence-electron chi connectivity index (χ4n) is 3.43. The van der Waals surface area contributed by atoms with Crippen LogP contribution in [0.3, 0.4) is 0 Å². The first-order chi connectivity index (χ1) is 11.3. The maximum absolute atomic E-state index is 9.57. The highest BCUT2D eigenvalue weighted by molar-refractivity contribution is 5.83. The number of rotatable bonds is 4. The van der Waals surface area contributed by atoms with Crippen LogP contribution in [-0.2, 0) is 13.2 Å². The van der Waals surface area contributed by atoms with Crippen LogP contribution in [0.15, 0.2) is 48.7 Å². The van der Waals surface area contributed by atoms with Crippen LogP contribution in [0.2, 0.25) is 0 Å². The van der Waals surface area contributed by atoms with E-state index < -0.39 is 0 Å². The monoisotopic (exact) mass is 307 g/mol. The van der Waals surface area contributed by atoms with E-state index in [0.29, 0.717) is 0 Å². The minimum absolute atomic E-state index is 0.0642. The summed E-state index contributed by atoms with van der Waals surface area (Å²) in [5.74, 6) is 1.08. The van der Waals surface area contributed by atoms with Gasteiger partial charge in [0.2, 0.25) is 0 Å². The summed E-state index contributed by atoms with van der Waals surface area (Å²) >= 11 is 0. The first-order valence-corrected chi connectivity index (χ1v) is 8.23. The fourth-order valence-corrected chi connectivity index (χ4v) is 3.43. The normalized spacial score (nSPS) is 14.7. The van der Waals surface area contributed by atoms with Gasteiger partial charge in [0.25, 0.3) is 0 Å². The number of benzene rings is 1. The number of pyridine rings is 1. The van der Waals surface area contributed by atoms with Crippen molar-refractivity contribution in [2.24, 2.45) is 0 Å². The zero-order valence-corrected chi connectivity index (χ0v) is 13.2. The second kappa shape index (κ2) is 6.05. The summed E-state index contributed by atoms with van der Waals surface area (Å²) in [4.78, 5) is 7.19. The number of nitrogens with zero attached hydrogens (tertiary/aromatic N) is 3. The summed E-state index contributed by atoms with van der Waals surface area (Å²) in [5.41, 5.74) is 3.17. The van der Waals surface area contributed by atoms with Gasteiger partial charge in [0.05, 0.1) is 18.8 Å². The lowest BCUT2D eigenvalue weighted by Gasteiger charge is -2.17. The van der Waals surface area contributed by atoms with E-state index in [4.69, 9.17) is 4.98 Å². The molecule has 4 rings (SSSR count). The van der Waals surface area contributed by atoms with Crippen LogP contribution in [0, 0.1) is 0 Å². The SMILES string of the molecule is OCc1cn(Cc2cccc(N3CCCC3)n2)c2ccccc12. The third kappa shape index (κ3) is 2.70. The Morgan fingerprint density at radius 1 is 1.00 bits per heavy atom. The molecule has 118 valence electrons. The van der Waals surface area contributed by atoms with E-state index in [9.17, 15) is 5.11 Å². The molecule has 0 unspecified atom stereocenters. The molecule has 4 heteroatoms. The maximum atomic E-state index is 9.57. The number of aliphatic hydroxyl groups is 1. The Kier molecular flexibility index (Phi) is 3.75. The van der Waals surface area contributed by atoms with Crippen molar-refractivity contribution in [3.05, 3.63) is 59.9 Å². The van der Waals surface area contributed by atoms with Crippen molar-refractivity contribution in [1.82, 2.24) is 9.55 Å². The lowest BCUT2D eigenvalue weighted by atomic mass is 10.2. The average molecular weight is 307 g/mol. The standard InChI is InChI=1S/C19H21N3O/c23-14-15-12-22(18-8-2-1-7-17(15)18)13-16-6-5-9-19(20-16)21-10-3-4-11-21/h1-2,5-9,12,23H,3-4,10-11,13-14H2. The molecular weight excluding hydrogens is 286 g/mol. The van der Waals surface area contributed by atoms with E-state index in [1.165, 1.54) is 12.8 Å². The van der Waals surface area contributed by atoms with E-state index in [2.05, 4.69) is 39.8 Å². The summed E-state index contributed by atoms with van der Waals surface area (Å²) in [5, 5.41) is 10.7. The van der Waals surface area contributed by atoms with Crippen LogP contribution in [0.1, 0.15) is 24.1 Å². The first-order valence-electron chi connectivity index (χ1n) is 8.23. The number of aliphatic hydroxyl groups excluding tert-OH is 1. The van der Waals surface area contributed by atoms with Gasteiger partial charge in [-0.15, -0.1) is 0 Å². The number of hydrogen-bond acceptors (Lipinski definition) is 3. The number of fused-ring (bicyclic) bond motifs is 1. The number of para-hydroxylation sites is 1. The van der Waals surface area contributed by atoms with Gasteiger partial charge in [-0.25, -0.2) is 4.98 Å². The minimum atomic E-state index is 0.0642.